The number of urea groups is 1. The molecule has 26 heavy (non-hydrogen) atoms. The summed E-state index contributed by atoms with van der Waals surface area (Å²) in [5.41, 5.74) is 1.89. The van der Waals surface area contributed by atoms with Crippen molar-refractivity contribution in [2.75, 3.05) is 11.9 Å². The van der Waals surface area contributed by atoms with Crippen LogP contribution in [0, 0.1) is 18.6 Å². The highest BCUT2D eigenvalue weighted by molar-refractivity contribution is 5.94. The lowest BCUT2D eigenvalue weighted by Crippen LogP contribution is -2.45. The second-order valence-corrected chi connectivity index (χ2v) is 6.09. The third kappa shape index (κ3) is 3.46. The van der Waals surface area contributed by atoms with Crippen LogP contribution in [0.2, 0.25) is 0 Å². The number of nitrogens with zero attached hydrogens (tertiary/aromatic N) is 3. The van der Waals surface area contributed by atoms with Gasteiger partial charge in [-0.05, 0) is 37.1 Å². The first kappa shape index (κ1) is 17.7. The van der Waals surface area contributed by atoms with Crippen LogP contribution in [0.4, 0.5) is 19.3 Å². The van der Waals surface area contributed by atoms with E-state index >= 15 is 0 Å². The van der Waals surface area contributed by atoms with Gasteiger partial charge in [0.15, 0.2) is 11.6 Å². The maximum absolute atomic E-state index is 13.9. The summed E-state index contributed by atoms with van der Waals surface area (Å²) in [5, 5.41) is 12.8. The molecule has 2 aromatic rings. The number of carbonyl (C=O) groups excluding carboxylic acids is 2. The first-order valence-electron chi connectivity index (χ1n) is 7.96. The fourth-order valence-electron chi connectivity index (χ4n) is 2.83. The van der Waals surface area contributed by atoms with E-state index in [1.807, 2.05) is 6.92 Å². The fourth-order valence-corrected chi connectivity index (χ4v) is 2.83. The molecule has 0 saturated carbocycles. The lowest BCUT2D eigenvalue weighted by molar-refractivity contribution is -0.122. The van der Waals surface area contributed by atoms with Crippen LogP contribution in [0.25, 0.3) is 0 Å². The molecule has 1 aromatic heterocycles. The largest absolute Gasteiger partial charge is 0.348 e. The molecule has 3 amide bonds. The molecule has 1 atom stereocenters. The van der Waals surface area contributed by atoms with Crippen molar-refractivity contribution in [3.8, 4) is 0 Å². The van der Waals surface area contributed by atoms with Crippen molar-refractivity contribution in [3.63, 3.8) is 0 Å². The number of carbonyl (C=O) groups is 2. The lowest BCUT2D eigenvalue weighted by atomic mass is 10.1. The number of benzene rings is 1. The fraction of sp³-hybridized carbons (Fsp3) is 0.294. The minimum atomic E-state index is -1.03. The first-order chi connectivity index (χ1) is 12.4. The number of hydrogen-bond donors (Lipinski definition) is 2. The lowest BCUT2D eigenvalue weighted by Gasteiger charge is -2.29. The monoisotopic (exact) mass is 361 g/mol. The number of anilines is 1. The van der Waals surface area contributed by atoms with Gasteiger partial charge >= 0.3 is 6.03 Å². The van der Waals surface area contributed by atoms with Gasteiger partial charge in [0.1, 0.15) is 6.54 Å². The highest BCUT2D eigenvalue weighted by Gasteiger charge is 2.28. The molecular weight excluding hydrogens is 344 g/mol. The van der Waals surface area contributed by atoms with Crippen LogP contribution in [0.1, 0.15) is 29.7 Å². The summed E-state index contributed by atoms with van der Waals surface area (Å²) in [6, 6.07) is 1.36. The van der Waals surface area contributed by atoms with Gasteiger partial charge in [-0.2, -0.15) is 10.2 Å². The maximum Gasteiger partial charge on any atom is 0.322 e. The Morgan fingerprint density at radius 2 is 2.08 bits per heavy atom. The van der Waals surface area contributed by atoms with Gasteiger partial charge in [-0.15, -0.1) is 0 Å². The molecule has 0 bridgehead atoms. The van der Waals surface area contributed by atoms with Crippen LogP contribution >= 0.6 is 0 Å². The minimum absolute atomic E-state index is 0.0135. The molecule has 0 aliphatic carbocycles. The zero-order chi connectivity index (χ0) is 18.8. The number of hydrogen-bond acceptors (Lipinski definition) is 4. The predicted octanol–water partition coefficient (Wildman–Crippen LogP) is 2.29. The van der Waals surface area contributed by atoms with Gasteiger partial charge in [0, 0.05) is 5.56 Å². The Kier molecular flexibility index (Phi) is 4.79. The van der Waals surface area contributed by atoms with Crippen LogP contribution in [-0.4, -0.2) is 33.6 Å². The summed E-state index contributed by atoms with van der Waals surface area (Å²) in [5.74, 6) is -2.46. The third-order valence-electron chi connectivity index (χ3n) is 4.22. The Hall–Kier alpha value is -3.10. The van der Waals surface area contributed by atoms with Gasteiger partial charge in [0.05, 0.1) is 30.7 Å². The smallest absolute Gasteiger partial charge is 0.322 e. The summed E-state index contributed by atoms with van der Waals surface area (Å²) >= 11 is 0. The van der Waals surface area contributed by atoms with Gasteiger partial charge in [-0.1, -0.05) is 0 Å². The molecule has 2 N–H and O–H groups in total. The molecular formula is C17H17F2N5O2. The molecule has 1 unspecified atom stereocenters. The number of nitrogens with one attached hydrogen (secondary N) is 2. The summed E-state index contributed by atoms with van der Waals surface area (Å²) in [6.07, 6.45) is 3.15. The molecule has 1 aliphatic heterocycles. The highest BCUT2D eigenvalue weighted by Crippen LogP contribution is 2.27. The van der Waals surface area contributed by atoms with E-state index in [-0.39, 0.29) is 30.4 Å². The minimum Gasteiger partial charge on any atom is -0.348 e. The van der Waals surface area contributed by atoms with Crippen molar-refractivity contribution in [1.82, 2.24) is 20.4 Å². The Bertz CT molecular complexity index is 874. The first-order valence-corrected chi connectivity index (χ1v) is 7.96. The summed E-state index contributed by atoms with van der Waals surface area (Å²) in [4.78, 5) is 25.5. The number of rotatable bonds is 4. The molecule has 1 aliphatic rings. The standard InChI is InChI=1S/C17H17F2N5O2/c1-9-5-20-21-6-11(9)10(2)22-15(25)8-24-7-12-14(23-17(24)26)4-3-13(18)16(12)19/h3-6,10H,7-8H2,1-2H3,(H,22,25)(H,23,26). The van der Waals surface area contributed by atoms with Gasteiger partial charge in [0.25, 0.3) is 0 Å². The number of fused-ring (bicyclic) bond motifs is 1. The van der Waals surface area contributed by atoms with E-state index < -0.39 is 23.6 Å². The molecule has 1 aromatic carbocycles. The highest BCUT2D eigenvalue weighted by atomic mass is 19.2. The van der Waals surface area contributed by atoms with Gasteiger partial charge < -0.3 is 15.5 Å². The molecule has 0 fully saturated rings. The number of halogens is 2. The summed E-state index contributed by atoms with van der Waals surface area (Å²) < 4.78 is 27.3. The molecule has 3 rings (SSSR count). The SMILES string of the molecule is Cc1cnncc1C(C)NC(=O)CN1Cc2c(ccc(F)c2F)NC1=O. The van der Waals surface area contributed by atoms with Crippen molar-refractivity contribution < 1.29 is 18.4 Å². The van der Waals surface area contributed by atoms with Crippen LogP contribution in [0.3, 0.4) is 0 Å². The Morgan fingerprint density at radius 3 is 2.81 bits per heavy atom. The average Bonchev–Trinajstić information content (AvgIpc) is 2.60. The maximum atomic E-state index is 13.9. The Balaban J connectivity index is 1.69. The van der Waals surface area contributed by atoms with Crippen molar-refractivity contribution in [1.29, 1.82) is 0 Å². The Labute approximate surface area is 148 Å². The molecule has 0 spiro atoms. The van der Waals surface area contributed by atoms with Crippen LogP contribution in [0.15, 0.2) is 24.5 Å². The van der Waals surface area contributed by atoms with E-state index in [1.54, 1.807) is 19.3 Å². The normalized spacial score (nSPS) is 14.5. The van der Waals surface area contributed by atoms with E-state index in [9.17, 15) is 18.4 Å². The van der Waals surface area contributed by atoms with Crippen molar-refractivity contribution in [3.05, 3.63) is 52.9 Å². The quantitative estimate of drug-likeness (QED) is 0.875. The second kappa shape index (κ2) is 7.03. The topological polar surface area (TPSA) is 87.2 Å². The molecule has 7 nitrogen and oxygen atoms in total. The van der Waals surface area contributed by atoms with Crippen LogP contribution in [0.5, 0.6) is 0 Å². The third-order valence-corrected chi connectivity index (χ3v) is 4.22. The van der Waals surface area contributed by atoms with E-state index in [1.165, 1.54) is 6.07 Å². The summed E-state index contributed by atoms with van der Waals surface area (Å²) in [7, 11) is 0. The molecule has 0 saturated heterocycles. The van der Waals surface area contributed by atoms with Gasteiger partial charge in [-0.3, -0.25) is 4.79 Å². The molecule has 136 valence electrons. The molecule has 2 heterocycles. The van der Waals surface area contributed by atoms with Crippen molar-refractivity contribution >= 4 is 17.6 Å². The van der Waals surface area contributed by atoms with E-state index in [0.717, 1.165) is 22.1 Å². The van der Waals surface area contributed by atoms with E-state index in [0.29, 0.717) is 0 Å². The van der Waals surface area contributed by atoms with E-state index in [4.69, 9.17) is 0 Å². The molecule has 9 heteroatoms. The van der Waals surface area contributed by atoms with Crippen LogP contribution < -0.4 is 10.6 Å². The van der Waals surface area contributed by atoms with Gasteiger partial charge in [0.2, 0.25) is 5.91 Å². The van der Waals surface area contributed by atoms with Crippen LogP contribution in [-0.2, 0) is 11.3 Å². The van der Waals surface area contributed by atoms with E-state index in [2.05, 4.69) is 20.8 Å². The zero-order valence-electron chi connectivity index (χ0n) is 14.2. The molecule has 0 radical (unpaired) electrons. The summed E-state index contributed by atoms with van der Waals surface area (Å²) in [6.45, 7) is 3.15. The number of amides is 3. The van der Waals surface area contributed by atoms with Crippen molar-refractivity contribution in [2.24, 2.45) is 0 Å². The number of aromatic nitrogens is 2. The second-order valence-electron chi connectivity index (χ2n) is 6.09. The Morgan fingerprint density at radius 1 is 1.35 bits per heavy atom. The van der Waals surface area contributed by atoms with Crippen molar-refractivity contribution in [2.45, 2.75) is 26.4 Å². The average molecular weight is 361 g/mol. The van der Waals surface area contributed by atoms with Gasteiger partial charge in [-0.25, -0.2) is 13.6 Å². The zero-order valence-corrected chi connectivity index (χ0v) is 14.2. The number of aryl methyl sites for hydroxylation is 1. The predicted molar refractivity (Wildman–Crippen MR) is 89.1 cm³/mol.